The molecule has 0 spiro atoms. The van der Waals surface area contributed by atoms with Crippen molar-refractivity contribution in [3.05, 3.63) is 28.0 Å². The Kier molecular flexibility index (Phi) is 4.90. The molecule has 1 unspecified atom stereocenters. The number of hydrogen-bond acceptors (Lipinski definition) is 3. The van der Waals surface area contributed by atoms with E-state index in [0.29, 0.717) is 12.8 Å². The Hall–Kier alpha value is -1.61. The Morgan fingerprint density at radius 3 is 2.74 bits per heavy atom. The lowest BCUT2D eigenvalue weighted by Gasteiger charge is -2.27. The number of nitrogens with one attached hydrogen (secondary N) is 1. The van der Waals surface area contributed by atoms with Crippen LogP contribution >= 0.6 is 15.9 Å². The molecule has 1 aromatic carbocycles. The van der Waals surface area contributed by atoms with E-state index in [9.17, 15) is 14.3 Å². The maximum Gasteiger partial charge on any atom is 0.329 e. The lowest BCUT2D eigenvalue weighted by Crippen LogP contribution is -2.43. The number of carboxylic acids is 1. The molecule has 0 aliphatic heterocycles. The molecule has 19 heavy (non-hydrogen) atoms. The highest BCUT2D eigenvalue weighted by atomic mass is 79.9. The highest BCUT2D eigenvalue weighted by molar-refractivity contribution is 9.10. The molecule has 0 bridgehead atoms. The van der Waals surface area contributed by atoms with Gasteiger partial charge in [0, 0.05) is 0 Å². The summed E-state index contributed by atoms with van der Waals surface area (Å²) < 4.78 is 14.1. The number of aliphatic carboxylic acids is 1. The Morgan fingerprint density at radius 1 is 1.63 bits per heavy atom. The summed E-state index contributed by atoms with van der Waals surface area (Å²) in [6.07, 6.45) is 1.01. The van der Waals surface area contributed by atoms with Crippen LogP contribution in [0.5, 0.6) is 0 Å². The van der Waals surface area contributed by atoms with Crippen LogP contribution in [0.15, 0.2) is 16.6 Å². The molecule has 0 fully saturated rings. The number of anilines is 1. The molecule has 102 valence electrons. The van der Waals surface area contributed by atoms with Crippen LogP contribution in [0, 0.1) is 17.1 Å². The second kappa shape index (κ2) is 6.02. The van der Waals surface area contributed by atoms with Gasteiger partial charge in [0.05, 0.1) is 15.7 Å². The second-order valence-corrected chi connectivity index (χ2v) is 5.21. The summed E-state index contributed by atoms with van der Waals surface area (Å²) in [4.78, 5) is 11.3. The summed E-state index contributed by atoms with van der Waals surface area (Å²) in [6, 6.07) is 4.65. The molecule has 1 aromatic rings. The third-order valence-electron chi connectivity index (χ3n) is 2.84. The number of carboxylic acid groups (broad SMARTS) is 1. The summed E-state index contributed by atoms with van der Waals surface area (Å²) in [6.45, 7) is 3.36. The minimum atomic E-state index is -1.25. The molecule has 0 aromatic heterocycles. The van der Waals surface area contributed by atoms with Crippen LogP contribution in [-0.2, 0) is 4.79 Å². The number of nitriles is 1. The minimum absolute atomic E-state index is 0.0317. The molecule has 1 rings (SSSR count). The zero-order valence-electron chi connectivity index (χ0n) is 10.6. The molecule has 0 radical (unpaired) electrons. The predicted molar refractivity (Wildman–Crippen MR) is 73.4 cm³/mol. The van der Waals surface area contributed by atoms with E-state index in [1.807, 2.05) is 13.0 Å². The molecule has 2 N–H and O–H groups in total. The number of benzene rings is 1. The van der Waals surface area contributed by atoms with E-state index >= 15 is 0 Å². The van der Waals surface area contributed by atoms with Crippen molar-refractivity contribution >= 4 is 27.6 Å². The van der Waals surface area contributed by atoms with Crippen molar-refractivity contribution in [2.45, 2.75) is 32.2 Å². The standard InChI is InChI=1S/C13H14BrFN2O2/c1-3-6-13(2,12(18)19)17-9-5-4-8(7-16)10(14)11(9)15/h4-5,17H,3,6H2,1-2H3,(H,18,19). The van der Waals surface area contributed by atoms with Gasteiger partial charge in [0.1, 0.15) is 11.6 Å². The van der Waals surface area contributed by atoms with Gasteiger partial charge in [-0.2, -0.15) is 5.26 Å². The number of carbonyl (C=O) groups is 1. The number of halogens is 2. The SMILES string of the molecule is CCCC(C)(Nc1ccc(C#N)c(Br)c1F)C(=O)O. The molecule has 6 heteroatoms. The Bertz CT molecular complexity index is 542. The summed E-state index contributed by atoms with van der Waals surface area (Å²) in [7, 11) is 0. The van der Waals surface area contributed by atoms with E-state index in [2.05, 4.69) is 21.2 Å². The molecule has 0 aliphatic rings. The molecule has 0 saturated carbocycles. The van der Waals surface area contributed by atoms with Gasteiger partial charge in [0.25, 0.3) is 0 Å². The highest BCUT2D eigenvalue weighted by Gasteiger charge is 2.33. The molecule has 0 aliphatic carbocycles. The van der Waals surface area contributed by atoms with Crippen molar-refractivity contribution in [2.75, 3.05) is 5.32 Å². The van der Waals surface area contributed by atoms with Crippen LogP contribution in [0.25, 0.3) is 0 Å². The van der Waals surface area contributed by atoms with Gasteiger partial charge < -0.3 is 10.4 Å². The van der Waals surface area contributed by atoms with Gasteiger partial charge in [-0.3, -0.25) is 0 Å². The van der Waals surface area contributed by atoms with Gasteiger partial charge in [0.15, 0.2) is 5.82 Å². The first-order valence-electron chi connectivity index (χ1n) is 5.75. The first-order chi connectivity index (χ1) is 8.85. The van der Waals surface area contributed by atoms with E-state index in [0.717, 1.165) is 0 Å². The highest BCUT2D eigenvalue weighted by Crippen LogP contribution is 2.29. The molecule has 4 nitrogen and oxygen atoms in total. The fourth-order valence-corrected chi connectivity index (χ4v) is 2.19. The van der Waals surface area contributed by atoms with Crippen LogP contribution in [0.4, 0.5) is 10.1 Å². The molecule has 0 saturated heterocycles. The normalized spacial score (nSPS) is 13.4. The average molecular weight is 329 g/mol. The number of rotatable bonds is 5. The third kappa shape index (κ3) is 3.24. The summed E-state index contributed by atoms with van der Waals surface area (Å²) in [5, 5.41) is 20.7. The third-order valence-corrected chi connectivity index (χ3v) is 3.61. The van der Waals surface area contributed by atoms with E-state index < -0.39 is 17.3 Å². The maximum atomic E-state index is 14.0. The Morgan fingerprint density at radius 2 is 2.26 bits per heavy atom. The fraction of sp³-hybridized carbons (Fsp3) is 0.385. The monoisotopic (exact) mass is 328 g/mol. The summed E-state index contributed by atoms with van der Waals surface area (Å²) >= 11 is 2.99. The van der Waals surface area contributed by atoms with Gasteiger partial charge in [-0.25, -0.2) is 9.18 Å². The summed E-state index contributed by atoms with van der Waals surface area (Å²) in [5.41, 5.74) is -1.02. The molecule has 0 heterocycles. The maximum absolute atomic E-state index is 14.0. The van der Waals surface area contributed by atoms with Crippen molar-refractivity contribution in [3.8, 4) is 6.07 Å². The van der Waals surface area contributed by atoms with Gasteiger partial charge in [-0.15, -0.1) is 0 Å². The van der Waals surface area contributed by atoms with Gasteiger partial charge in [0.2, 0.25) is 0 Å². The molecular formula is C13H14BrFN2O2. The number of nitrogens with zero attached hydrogens (tertiary/aromatic N) is 1. The number of hydrogen-bond donors (Lipinski definition) is 2. The molecule has 1 atom stereocenters. The first kappa shape index (κ1) is 15.4. The average Bonchev–Trinajstić information content (AvgIpc) is 2.35. The Balaban J connectivity index is 3.15. The van der Waals surface area contributed by atoms with E-state index in [1.54, 1.807) is 0 Å². The van der Waals surface area contributed by atoms with Gasteiger partial charge >= 0.3 is 5.97 Å². The largest absolute Gasteiger partial charge is 0.480 e. The predicted octanol–water partition coefficient (Wildman–Crippen LogP) is 3.52. The van der Waals surface area contributed by atoms with Crippen LogP contribution in [0.1, 0.15) is 32.3 Å². The van der Waals surface area contributed by atoms with Crippen molar-refractivity contribution in [3.63, 3.8) is 0 Å². The van der Waals surface area contributed by atoms with E-state index in [4.69, 9.17) is 5.26 Å². The molecule has 0 amide bonds. The van der Waals surface area contributed by atoms with Crippen LogP contribution < -0.4 is 5.32 Å². The second-order valence-electron chi connectivity index (χ2n) is 4.41. The van der Waals surface area contributed by atoms with Crippen LogP contribution in [0.2, 0.25) is 0 Å². The van der Waals surface area contributed by atoms with Gasteiger partial charge in [-0.05, 0) is 41.4 Å². The van der Waals surface area contributed by atoms with Crippen molar-refractivity contribution in [2.24, 2.45) is 0 Å². The lowest BCUT2D eigenvalue weighted by molar-refractivity contribution is -0.141. The quantitative estimate of drug-likeness (QED) is 0.867. The van der Waals surface area contributed by atoms with Crippen LogP contribution in [0.3, 0.4) is 0 Å². The van der Waals surface area contributed by atoms with E-state index in [1.165, 1.54) is 19.1 Å². The van der Waals surface area contributed by atoms with Crippen molar-refractivity contribution in [1.29, 1.82) is 5.26 Å². The minimum Gasteiger partial charge on any atom is -0.480 e. The summed E-state index contributed by atoms with van der Waals surface area (Å²) in [5.74, 6) is -1.71. The Labute approximate surface area is 119 Å². The topological polar surface area (TPSA) is 73.1 Å². The van der Waals surface area contributed by atoms with Crippen LogP contribution in [-0.4, -0.2) is 16.6 Å². The smallest absolute Gasteiger partial charge is 0.329 e. The van der Waals surface area contributed by atoms with Gasteiger partial charge in [-0.1, -0.05) is 13.3 Å². The lowest BCUT2D eigenvalue weighted by atomic mass is 9.95. The van der Waals surface area contributed by atoms with Crippen molar-refractivity contribution < 1.29 is 14.3 Å². The van der Waals surface area contributed by atoms with E-state index in [-0.39, 0.29) is 15.7 Å². The fourth-order valence-electron chi connectivity index (χ4n) is 1.75. The first-order valence-corrected chi connectivity index (χ1v) is 6.54. The zero-order valence-corrected chi connectivity index (χ0v) is 12.2. The van der Waals surface area contributed by atoms with Crippen molar-refractivity contribution in [1.82, 2.24) is 0 Å². The zero-order chi connectivity index (χ0) is 14.6. The molecular weight excluding hydrogens is 315 g/mol.